The van der Waals surface area contributed by atoms with E-state index >= 15 is 0 Å². The molecule has 2 aromatic rings. The average Bonchev–Trinajstić information content (AvgIpc) is 2.59. The van der Waals surface area contributed by atoms with E-state index in [1.807, 2.05) is 30.3 Å². The largest absolute Gasteiger partial charge is 0.493 e. The molecular weight excluding hydrogens is 316 g/mol. The highest BCUT2D eigenvalue weighted by Gasteiger charge is 2.13. The molecule has 6 heteroatoms. The number of ether oxygens (including phenoxy) is 2. The number of carbonyl (C=O) groups is 1. The molecule has 4 nitrogen and oxygen atoms in total. The van der Waals surface area contributed by atoms with Crippen LogP contribution in [-0.2, 0) is 6.42 Å². The molecule has 2 rings (SSSR count). The fraction of sp³-hybridized carbons (Fsp3) is 0.278. The van der Waals surface area contributed by atoms with Gasteiger partial charge < -0.3 is 14.8 Å². The lowest BCUT2D eigenvalue weighted by Gasteiger charge is -2.11. The van der Waals surface area contributed by atoms with Crippen molar-refractivity contribution in [2.75, 3.05) is 13.7 Å². The van der Waals surface area contributed by atoms with Gasteiger partial charge in [0.05, 0.1) is 7.11 Å². The fourth-order valence-corrected chi connectivity index (χ4v) is 2.24. The molecular formula is C18H19F2NO3. The standard InChI is InChI=1S/C18H19F2NO3/c1-23-16-12-14(9-10-15(16)24-18(19)20)17(22)21-11-5-8-13-6-3-2-4-7-13/h2-4,6-7,9-10,12,18H,5,8,11H2,1H3,(H,21,22). The summed E-state index contributed by atoms with van der Waals surface area (Å²) >= 11 is 0. The Morgan fingerprint density at radius 3 is 2.54 bits per heavy atom. The van der Waals surface area contributed by atoms with Crippen molar-refractivity contribution in [3.8, 4) is 11.5 Å². The highest BCUT2D eigenvalue weighted by molar-refractivity contribution is 5.94. The van der Waals surface area contributed by atoms with Crippen molar-refractivity contribution < 1.29 is 23.0 Å². The molecule has 0 aliphatic heterocycles. The van der Waals surface area contributed by atoms with Crippen LogP contribution in [-0.4, -0.2) is 26.2 Å². The van der Waals surface area contributed by atoms with Crippen LogP contribution < -0.4 is 14.8 Å². The minimum atomic E-state index is -2.95. The Balaban J connectivity index is 1.87. The second-order valence-corrected chi connectivity index (χ2v) is 5.09. The maximum atomic E-state index is 12.3. The van der Waals surface area contributed by atoms with E-state index in [0.29, 0.717) is 12.1 Å². The van der Waals surface area contributed by atoms with Crippen LogP contribution in [0.4, 0.5) is 8.78 Å². The first-order valence-electron chi connectivity index (χ1n) is 7.55. The van der Waals surface area contributed by atoms with Crippen molar-refractivity contribution in [1.29, 1.82) is 0 Å². The van der Waals surface area contributed by atoms with Gasteiger partial charge in [0.15, 0.2) is 11.5 Å². The predicted octanol–water partition coefficient (Wildman–Crippen LogP) is 3.66. The van der Waals surface area contributed by atoms with Crippen LogP contribution in [0.1, 0.15) is 22.3 Å². The molecule has 0 fully saturated rings. The molecule has 2 aromatic carbocycles. The third-order valence-electron chi connectivity index (χ3n) is 3.41. The first-order chi connectivity index (χ1) is 11.6. The van der Waals surface area contributed by atoms with E-state index in [1.54, 1.807) is 0 Å². The van der Waals surface area contributed by atoms with Crippen LogP contribution in [0.15, 0.2) is 48.5 Å². The van der Waals surface area contributed by atoms with Crippen LogP contribution >= 0.6 is 0 Å². The van der Waals surface area contributed by atoms with Gasteiger partial charge in [0.1, 0.15) is 0 Å². The monoisotopic (exact) mass is 335 g/mol. The Morgan fingerprint density at radius 1 is 1.12 bits per heavy atom. The van der Waals surface area contributed by atoms with Gasteiger partial charge in [-0.2, -0.15) is 8.78 Å². The lowest BCUT2D eigenvalue weighted by Crippen LogP contribution is -2.24. The van der Waals surface area contributed by atoms with Crippen molar-refractivity contribution in [1.82, 2.24) is 5.32 Å². The van der Waals surface area contributed by atoms with E-state index in [2.05, 4.69) is 10.1 Å². The van der Waals surface area contributed by atoms with Crippen molar-refractivity contribution in [2.45, 2.75) is 19.5 Å². The summed E-state index contributed by atoms with van der Waals surface area (Å²) in [6, 6.07) is 14.1. The molecule has 0 aliphatic rings. The molecule has 0 radical (unpaired) electrons. The Bertz CT molecular complexity index is 663. The van der Waals surface area contributed by atoms with Gasteiger partial charge in [-0.1, -0.05) is 30.3 Å². The van der Waals surface area contributed by atoms with Gasteiger partial charge in [-0.25, -0.2) is 0 Å². The Kier molecular flexibility index (Phi) is 6.54. The second kappa shape index (κ2) is 8.86. The number of alkyl halides is 2. The molecule has 0 bridgehead atoms. The number of methoxy groups -OCH3 is 1. The van der Waals surface area contributed by atoms with Gasteiger partial charge in [0.25, 0.3) is 5.91 Å². The number of hydrogen-bond donors (Lipinski definition) is 1. The quantitative estimate of drug-likeness (QED) is 0.749. The molecule has 128 valence electrons. The topological polar surface area (TPSA) is 47.6 Å². The summed E-state index contributed by atoms with van der Waals surface area (Å²) in [5.74, 6) is -0.301. The SMILES string of the molecule is COc1cc(C(=O)NCCCc2ccccc2)ccc1OC(F)F. The highest BCUT2D eigenvalue weighted by Crippen LogP contribution is 2.29. The van der Waals surface area contributed by atoms with Crippen molar-refractivity contribution >= 4 is 5.91 Å². The Labute approximate surface area is 139 Å². The minimum absolute atomic E-state index is 0.0900. The number of amides is 1. The molecule has 0 saturated carbocycles. The predicted molar refractivity (Wildman–Crippen MR) is 86.7 cm³/mol. The number of nitrogens with one attached hydrogen (secondary N) is 1. The van der Waals surface area contributed by atoms with Crippen LogP contribution in [0.2, 0.25) is 0 Å². The van der Waals surface area contributed by atoms with E-state index in [-0.39, 0.29) is 17.4 Å². The van der Waals surface area contributed by atoms with E-state index < -0.39 is 6.61 Å². The van der Waals surface area contributed by atoms with Gasteiger partial charge in [-0.05, 0) is 36.6 Å². The molecule has 0 aromatic heterocycles. The van der Waals surface area contributed by atoms with Crippen LogP contribution in [0.3, 0.4) is 0 Å². The zero-order valence-electron chi connectivity index (χ0n) is 13.3. The average molecular weight is 335 g/mol. The molecule has 24 heavy (non-hydrogen) atoms. The number of rotatable bonds is 8. The van der Waals surface area contributed by atoms with Gasteiger partial charge in [-0.3, -0.25) is 4.79 Å². The number of benzene rings is 2. The third-order valence-corrected chi connectivity index (χ3v) is 3.41. The molecule has 1 N–H and O–H groups in total. The maximum Gasteiger partial charge on any atom is 0.387 e. The van der Waals surface area contributed by atoms with Crippen molar-refractivity contribution in [3.63, 3.8) is 0 Å². The lowest BCUT2D eigenvalue weighted by atomic mass is 10.1. The summed E-state index contributed by atoms with van der Waals surface area (Å²) in [5.41, 5.74) is 1.54. The zero-order valence-corrected chi connectivity index (χ0v) is 13.3. The van der Waals surface area contributed by atoms with Gasteiger partial charge in [-0.15, -0.1) is 0 Å². The van der Waals surface area contributed by atoms with E-state index in [1.165, 1.54) is 30.9 Å². The second-order valence-electron chi connectivity index (χ2n) is 5.09. The molecule has 1 amide bonds. The number of carbonyl (C=O) groups excluding carboxylic acids is 1. The fourth-order valence-electron chi connectivity index (χ4n) is 2.24. The lowest BCUT2D eigenvalue weighted by molar-refractivity contribution is -0.0512. The normalized spacial score (nSPS) is 10.5. The van der Waals surface area contributed by atoms with E-state index in [0.717, 1.165) is 12.8 Å². The minimum Gasteiger partial charge on any atom is -0.493 e. The molecule has 0 heterocycles. The summed E-state index contributed by atoms with van der Waals surface area (Å²) in [7, 11) is 1.33. The Morgan fingerprint density at radius 2 is 1.88 bits per heavy atom. The first-order valence-corrected chi connectivity index (χ1v) is 7.55. The summed E-state index contributed by atoms with van der Waals surface area (Å²) in [5, 5.41) is 2.80. The summed E-state index contributed by atoms with van der Waals surface area (Å²) < 4.78 is 33.9. The number of aryl methyl sites for hydroxylation is 1. The van der Waals surface area contributed by atoms with Crippen LogP contribution in [0, 0.1) is 0 Å². The maximum absolute atomic E-state index is 12.3. The highest BCUT2D eigenvalue weighted by atomic mass is 19.3. The molecule has 0 saturated heterocycles. The molecule has 0 spiro atoms. The van der Waals surface area contributed by atoms with E-state index in [4.69, 9.17) is 4.74 Å². The summed E-state index contributed by atoms with van der Waals surface area (Å²) in [6.45, 7) is -2.43. The number of hydrogen-bond acceptors (Lipinski definition) is 3. The summed E-state index contributed by atoms with van der Waals surface area (Å²) in [6.07, 6.45) is 1.67. The zero-order chi connectivity index (χ0) is 17.4. The number of halogens is 2. The van der Waals surface area contributed by atoms with Gasteiger partial charge in [0, 0.05) is 12.1 Å². The van der Waals surface area contributed by atoms with E-state index in [9.17, 15) is 13.6 Å². The van der Waals surface area contributed by atoms with Crippen LogP contribution in [0.5, 0.6) is 11.5 Å². The summed E-state index contributed by atoms with van der Waals surface area (Å²) in [4.78, 5) is 12.1. The van der Waals surface area contributed by atoms with Crippen molar-refractivity contribution in [2.24, 2.45) is 0 Å². The van der Waals surface area contributed by atoms with Crippen molar-refractivity contribution in [3.05, 3.63) is 59.7 Å². The molecule has 0 aliphatic carbocycles. The Hall–Kier alpha value is -2.63. The smallest absolute Gasteiger partial charge is 0.387 e. The van der Waals surface area contributed by atoms with Gasteiger partial charge in [0.2, 0.25) is 0 Å². The third kappa shape index (κ3) is 5.22. The van der Waals surface area contributed by atoms with Crippen LogP contribution in [0.25, 0.3) is 0 Å². The molecule has 0 unspecified atom stereocenters. The molecule has 0 atom stereocenters. The van der Waals surface area contributed by atoms with Gasteiger partial charge >= 0.3 is 6.61 Å². The first kappa shape index (κ1) is 17.7.